The summed E-state index contributed by atoms with van der Waals surface area (Å²) >= 11 is 6.78. The van der Waals surface area contributed by atoms with Crippen molar-refractivity contribution in [3.05, 3.63) is 57.5 Å². The van der Waals surface area contributed by atoms with Crippen LogP contribution < -0.4 is 14.8 Å². The predicted molar refractivity (Wildman–Crippen MR) is 135 cm³/mol. The highest BCUT2D eigenvalue weighted by Gasteiger charge is 2.36. The molecule has 1 aliphatic rings. The maximum Gasteiger partial charge on any atom is 0.294 e. The fourth-order valence-corrected chi connectivity index (χ4v) is 4.14. The number of benzene rings is 2. The number of halogens is 1. The van der Waals surface area contributed by atoms with E-state index in [0.717, 1.165) is 28.6 Å². The zero-order valence-corrected chi connectivity index (χ0v) is 21.1. The summed E-state index contributed by atoms with van der Waals surface area (Å²) in [5.41, 5.74) is 2.03. The van der Waals surface area contributed by atoms with Crippen LogP contribution in [0.5, 0.6) is 11.5 Å². The average molecular weight is 503 g/mol. The number of thioether (sulfide) groups is 1. The van der Waals surface area contributed by atoms with E-state index in [1.54, 1.807) is 42.5 Å². The van der Waals surface area contributed by atoms with E-state index in [-0.39, 0.29) is 17.6 Å². The summed E-state index contributed by atoms with van der Waals surface area (Å²) in [6, 6.07) is 10.5. The second-order valence-corrected chi connectivity index (χ2v) is 9.18. The molecule has 3 amide bonds. The van der Waals surface area contributed by atoms with Crippen LogP contribution >= 0.6 is 23.4 Å². The summed E-state index contributed by atoms with van der Waals surface area (Å²) in [5, 5.41) is 2.67. The van der Waals surface area contributed by atoms with Gasteiger partial charge in [0.1, 0.15) is 6.54 Å². The Morgan fingerprint density at radius 1 is 1.18 bits per heavy atom. The Labute approximate surface area is 208 Å². The van der Waals surface area contributed by atoms with Gasteiger partial charge >= 0.3 is 0 Å². The number of amides is 3. The van der Waals surface area contributed by atoms with Crippen molar-refractivity contribution in [2.75, 3.05) is 18.5 Å². The van der Waals surface area contributed by atoms with Crippen LogP contribution in [0.2, 0.25) is 5.02 Å². The zero-order valence-electron chi connectivity index (χ0n) is 19.5. The summed E-state index contributed by atoms with van der Waals surface area (Å²) in [5.74, 6) is 0.173. The third-order valence-corrected chi connectivity index (χ3v) is 6.26. The lowest BCUT2D eigenvalue weighted by molar-refractivity contribution is -0.127. The molecule has 0 unspecified atom stereocenters. The highest BCUT2D eigenvalue weighted by molar-refractivity contribution is 8.18. The summed E-state index contributed by atoms with van der Waals surface area (Å²) in [6.07, 6.45) is 2.49. The molecule has 1 N–H and O–H groups in total. The molecular weight excluding hydrogens is 476 g/mol. The molecule has 3 rings (SSSR count). The number of hydrogen-bond acceptors (Lipinski definition) is 6. The minimum absolute atomic E-state index is 0.0309. The Hall–Kier alpha value is -2.97. The number of carbonyl (C=O) groups excluding carboxylic acids is 3. The van der Waals surface area contributed by atoms with Gasteiger partial charge in [0.05, 0.1) is 17.6 Å². The first kappa shape index (κ1) is 25.6. The number of aryl methyl sites for hydroxylation is 1. The molecule has 1 atom stereocenters. The predicted octanol–water partition coefficient (Wildman–Crippen LogP) is 5.90. The van der Waals surface area contributed by atoms with Gasteiger partial charge in [-0.3, -0.25) is 19.3 Å². The van der Waals surface area contributed by atoms with Crippen molar-refractivity contribution in [1.82, 2.24) is 4.90 Å². The lowest BCUT2D eigenvalue weighted by atomic mass is 10.1. The van der Waals surface area contributed by atoms with Gasteiger partial charge in [-0.25, -0.2) is 0 Å². The first-order chi connectivity index (χ1) is 16.2. The van der Waals surface area contributed by atoms with Crippen molar-refractivity contribution >= 4 is 52.2 Å². The molecule has 34 heavy (non-hydrogen) atoms. The van der Waals surface area contributed by atoms with E-state index < -0.39 is 17.1 Å². The van der Waals surface area contributed by atoms with Crippen molar-refractivity contribution in [1.29, 1.82) is 0 Å². The number of hydrogen-bond donors (Lipinski definition) is 1. The molecule has 1 fully saturated rings. The zero-order chi connectivity index (χ0) is 24.8. The van der Waals surface area contributed by atoms with Gasteiger partial charge in [-0.05, 0) is 80.4 Å². The SMILES string of the molecule is CCOc1cc(/C=C2/SC(=O)N(CC(=O)Nc3cc(Cl)ccc3C)C2=O)ccc1O[C@@H](C)CC. The maximum absolute atomic E-state index is 12.9. The highest BCUT2D eigenvalue weighted by atomic mass is 35.5. The fourth-order valence-electron chi connectivity index (χ4n) is 3.13. The summed E-state index contributed by atoms with van der Waals surface area (Å²) in [7, 11) is 0. The Bertz CT molecular complexity index is 1130. The second-order valence-electron chi connectivity index (χ2n) is 7.75. The monoisotopic (exact) mass is 502 g/mol. The van der Waals surface area contributed by atoms with Crippen LogP contribution in [0.15, 0.2) is 41.3 Å². The van der Waals surface area contributed by atoms with Crippen LogP contribution in [0.4, 0.5) is 10.5 Å². The normalized spacial score (nSPS) is 15.6. The summed E-state index contributed by atoms with van der Waals surface area (Å²) < 4.78 is 11.6. The van der Waals surface area contributed by atoms with Crippen molar-refractivity contribution in [3.8, 4) is 11.5 Å². The standard InChI is InChI=1S/C25H27ClN2O5S/c1-5-16(4)33-20-10-8-17(11-21(20)32-6-2)12-22-24(30)28(25(31)34-22)14-23(29)27-19-13-18(26)9-7-15(19)3/h7-13,16H,5-6,14H2,1-4H3,(H,27,29)/b22-12+/t16-/m0/s1. The molecule has 0 aromatic heterocycles. The summed E-state index contributed by atoms with van der Waals surface area (Å²) in [6.45, 7) is 7.78. The molecule has 0 spiro atoms. The lowest BCUT2D eigenvalue weighted by Crippen LogP contribution is -2.36. The lowest BCUT2D eigenvalue weighted by Gasteiger charge is -2.16. The van der Waals surface area contributed by atoms with Crippen LogP contribution in [0, 0.1) is 6.92 Å². The van der Waals surface area contributed by atoms with Gasteiger partial charge in [0.25, 0.3) is 11.1 Å². The van der Waals surface area contributed by atoms with Crippen molar-refractivity contribution in [2.45, 2.75) is 40.2 Å². The minimum Gasteiger partial charge on any atom is -0.490 e. The molecule has 180 valence electrons. The molecule has 0 aliphatic carbocycles. The Kier molecular flexibility index (Phi) is 8.63. The number of ether oxygens (including phenoxy) is 2. The number of nitrogens with zero attached hydrogens (tertiary/aromatic N) is 1. The van der Waals surface area contributed by atoms with Gasteiger partial charge in [0.15, 0.2) is 11.5 Å². The molecule has 2 aromatic rings. The summed E-state index contributed by atoms with van der Waals surface area (Å²) in [4.78, 5) is 39.0. The average Bonchev–Trinajstić information content (AvgIpc) is 3.05. The number of imide groups is 1. The highest BCUT2D eigenvalue weighted by Crippen LogP contribution is 2.35. The first-order valence-electron chi connectivity index (χ1n) is 11.0. The van der Waals surface area contributed by atoms with Crippen molar-refractivity contribution < 1.29 is 23.9 Å². The molecule has 7 nitrogen and oxygen atoms in total. The molecule has 0 saturated carbocycles. The van der Waals surface area contributed by atoms with Gasteiger partial charge in [0.2, 0.25) is 5.91 Å². The fraction of sp³-hybridized carbons (Fsp3) is 0.320. The van der Waals surface area contributed by atoms with E-state index in [1.807, 2.05) is 27.7 Å². The van der Waals surface area contributed by atoms with Crippen LogP contribution in [0.3, 0.4) is 0 Å². The number of nitrogens with one attached hydrogen (secondary N) is 1. The molecule has 9 heteroatoms. The molecule has 1 heterocycles. The van der Waals surface area contributed by atoms with Gasteiger partial charge in [-0.1, -0.05) is 30.7 Å². The van der Waals surface area contributed by atoms with Crippen LogP contribution in [0.1, 0.15) is 38.3 Å². The van der Waals surface area contributed by atoms with Crippen LogP contribution in [-0.4, -0.2) is 41.2 Å². The minimum atomic E-state index is -0.522. The molecular formula is C25H27ClN2O5S. The molecule has 2 aromatic carbocycles. The van der Waals surface area contributed by atoms with E-state index in [0.29, 0.717) is 34.4 Å². The van der Waals surface area contributed by atoms with E-state index in [4.69, 9.17) is 21.1 Å². The number of carbonyl (C=O) groups is 3. The Morgan fingerprint density at radius 2 is 1.94 bits per heavy atom. The van der Waals surface area contributed by atoms with Crippen LogP contribution in [-0.2, 0) is 9.59 Å². The van der Waals surface area contributed by atoms with Gasteiger partial charge in [-0.2, -0.15) is 0 Å². The third-order valence-electron chi connectivity index (χ3n) is 5.12. The first-order valence-corrected chi connectivity index (χ1v) is 12.2. The van der Waals surface area contributed by atoms with Gasteiger partial charge in [0, 0.05) is 10.7 Å². The quantitative estimate of drug-likeness (QED) is 0.430. The smallest absolute Gasteiger partial charge is 0.294 e. The second kappa shape index (κ2) is 11.4. The van der Waals surface area contributed by atoms with Gasteiger partial charge in [-0.15, -0.1) is 0 Å². The Morgan fingerprint density at radius 3 is 2.65 bits per heavy atom. The van der Waals surface area contributed by atoms with Gasteiger partial charge < -0.3 is 14.8 Å². The van der Waals surface area contributed by atoms with E-state index in [1.165, 1.54) is 0 Å². The number of anilines is 1. The van der Waals surface area contributed by atoms with Crippen molar-refractivity contribution in [2.24, 2.45) is 0 Å². The van der Waals surface area contributed by atoms with Crippen molar-refractivity contribution in [3.63, 3.8) is 0 Å². The molecule has 0 radical (unpaired) electrons. The molecule has 0 bridgehead atoms. The topological polar surface area (TPSA) is 84.9 Å². The maximum atomic E-state index is 12.9. The Balaban J connectivity index is 1.74. The van der Waals surface area contributed by atoms with E-state index in [9.17, 15) is 14.4 Å². The van der Waals surface area contributed by atoms with E-state index >= 15 is 0 Å². The molecule has 1 saturated heterocycles. The number of rotatable bonds is 9. The van der Waals surface area contributed by atoms with E-state index in [2.05, 4.69) is 5.32 Å². The third kappa shape index (κ3) is 6.33. The largest absolute Gasteiger partial charge is 0.490 e. The van der Waals surface area contributed by atoms with Crippen LogP contribution in [0.25, 0.3) is 6.08 Å². The molecule has 1 aliphatic heterocycles.